The molecule has 0 aliphatic carbocycles. The van der Waals surface area contributed by atoms with Gasteiger partial charge in [0.1, 0.15) is 4.83 Å². The van der Waals surface area contributed by atoms with Crippen LogP contribution in [0, 0.1) is 0 Å². The van der Waals surface area contributed by atoms with Gasteiger partial charge in [-0.15, -0.1) is 11.3 Å². The minimum Gasteiger partial charge on any atom is -0.325 e. The molecule has 1 aliphatic rings. The molecule has 2 aromatic carbocycles. The van der Waals surface area contributed by atoms with E-state index in [1.165, 1.54) is 28.0 Å². The van der Waals surface area contributed by atoms with Crippen LogP contribution in [0.15, 0.2) is 64.5 Å². The van der Waals surface area contributed by atoms with Crippen molar-refractivity contribution < 1.29 is 18.0 Å². The fourth-order valence-electron chi connectivity index (χ4n) is 4.35. The molecule has 1 aliphatic heterocycles. The summed E-state index contributed by atoms with van der Waals surface area (Å²) in [6, 6.07) is 13.6. The fraction of sp³-hybridized carbons (Fsp3) is 0.269. The average molecular weight is 545 g/mol. The Bertz CT molecular complexity index is 1520. The van der Waals surface area contributed by atoms with Crippen molar-refractivity contribution in [3.8, 4) is 5.69 Å². The van der Waals surface area contributed by atoms with E-state index in [1.807, 2.05) is 18.2 Å². The number of halogens is 3. The van der Waals surface area contributed by atoms with Crippen LogP contribution in [0.3, 0.4) is 0 Å². The summed E-state index contributed by atoms with van der Waals surface area (Å²) < 4.78 is 40.6. The minimum atomic E-state index is -4.51. The molecule has 0 saturated heterocycles. The second kappa shape index (κ2) is 10.3. The van der Waals surface area contributed by atoms with E-state index in [0.29, 0.717) is 21.1 Å². The van der Waals surface area contributed by atoms with E-state index in [9.17, 15) is 22.8 Å². The number of rotatable bonds is 6. The van der Waals surface area contributed by atoms with Crippen LogP contribution in [0.25, 0.3) is 15.9 Å². The van der Waals surface area contributed by atoms with Gasteiger partial charge in [0.05, 0.1) is 22.4 Å². The summed E-state index contributed by atoms with van der Waals surface area (Å²) in [5.74, 6) is -0.627. The molecule has 3 heterocycles. The molecule has 0 radical (unpaired) electrons. The first-order valence-corrected chi connectivity index (χ1v) is 13.5. The molecule has 11 heteroatoms. The lowest BCUT2D eigenvalue weighted by molar-refractivity contribution is -0.137. The van der Waals surface area contributed by atoms with Gasteiger partial charge >= 0.3 is 6.18 Å². The number of alkyl halides is 3. The molecule has 0 fully saturated rings. The predicted molar refractivity (Wildman–Crippen MR) is 141 cm³/mol. The Morgan fingerprint density at radius 2 is 1.95 bits per heavy atom. The maximum atomic E-state index is 13.8. The van der Waals surface area contributed by atoms with Gasteiger partial charge in [-0.3, -0.25) is 19.1 Å². The highest BCUT2D eigenvalue weighted by molar-refractivity contribution is 7.99. The zero-order valence-electron chi connectivity index (χ0n) is 19.8. The van der Waals surface area contributed by atoms with Crippen molar-refractivity contribution in [3.05, 3.63) is 81.0 Å². The Labute approximate surface area is 219 Å². The van der Waals surface area contributed by atoms with Crippen molar-refractivity contribution in [1.82, 2.24) is 14.5 Å². The standard InChI is InChI=1S/C26H23F3N4O2S2/c1-2-32-12-11-19-20(14-32)37-23-22(19)24(35)33(18-9-4-3-5-10-18)25(31-23)36-15-21(34)30-17-8-6-7-16(13-17)26(27,28)29/h3-10,13H,2,11-12,14-15H2,1H3,(H,30,34). The van der Waals surface area contributed by atoms with Crippen LogP contribution in [0.1, 0.15) is 22.9 Å². The third-order valence-electron chi connectivity index (χ3n) is 6.19. The molecular weight excluding hydrogens is 521 g/mol. The van der Waals surface area contributed by atoms with Crippen molar-refractivity contribution in [2.45, 2.75) is 31.2 Å². The minimum absolute atomic E-state index is 0.0516. The number of nitrogens with one attached hydrogen (secondary N) is 1. The number of hydrogen-bond donors (Lipinski definition) is 1. The average Bonchev–Trinajstić information content (AvgIpc) is 3.25. The Balaban J connectivity index is 1.46. The van der Waals surface area contributed by atoms with Crippen molar-refractivity contribution in [3.63, 3.8) is 0 Å². The normalized spacial score (nSPS) is 14.1. The SMILES string of the molecule is CCN1CCc2c(sc3nc(SCC(=O)Nc4cccc(C(F)(F)F)c4)n(-c4ccccc4)c(=O)c23)C1. The number of nitrogens with zero attached hydrogens (tertiary/aromatic N) is 3. The third kappa shape index (κ3) is 5.29. The molecule has 5 rings (SSSR count). The van der Waals surface area contributed by atoms with Crippen LogP contribution in [-0.4, -0.2) is 39.2 Å². The van der Waals surface area contributed by atoms with Crippen LogP contribution in [0.5, 0.6) is 0 Å². The number of carbonyl (C=O) groups is 1. The van der Waals surface area contributed by atoms with E-state index < -0.39 is 17.6 Å². The molecule has 192 valence electrons. The van der Waals surface area contributed by atoms with Gasteiger partial charge in [-0.2, -0.15) is 13.2 Å². The zero-order chi connectivity index (χ0) is 26.2. The zero-order valence-corrected chi connectivity index (χ0v) is 21.5. The van der Waals surface area contributed by atoms with Crippen LogP contribution < -0.4 is 10.9 Å². The number of fused-ring (bicyclic) bond motifs is 3. The van der Waals surface area contributed by atoms with Gasteiger partial charge in [0.15, 0.2) is 5.16 Å². The summed E-state index contributed by atoms with van der Waals surface area (Å²) >= 11 is 2.58. The third-order valence-corrected chi connectivity index (χ3v) is 8.24. The maximum absolute atomic E-state index is 13.8. The molecule has 0 saturated carbocycles. The van der Waals surface area contributed by atoms with E-state index in [4.69, 9.17) is 4.98 Å². The van der Waals surface area contributed by atoms with Crippen LogP contribution in [-0.2, 0) is 23.9 Å². The largest absolute Gasteiger partial charge is 0.416 e. The van der Waals surface area contributed by atoms with Crippen molar-refractivity contribution in [1.29, 1.82) is 0 Å². The molecule has 37 heavy (non-hydrogen) atoms. The van der Waals surface area contributed by atoms with E-state index in [-0.39, 0.29) is 17.0 Å². The summed E-state index contributed by atoms with van der Waals surface area (Å²) in [6.45, 7) is 4.70. The van der Waals surface area contributed by atoms with E-state index in [2.05, 4.69) is 17.1 Å². The van der Waals surface area contributed by atoms with Gasteiger partial charge in [-0.05, 0) is 48.9 Å². The predicted octanol–water partition coefficient (Wildman–Crippen LogP) is 5.57. The van der Waals surface area contributed by atoms with Crippen molar-refractivity contribution in [2.24, 2.45) is 0 Å². The number of likely N-dealkylation sites (N-methyl/N-ethyl adjacent to an activating group) is 1. The van der Waals surface area contributed by atoms with Gasteiger partial charge < -0.3 is 5.32 Å². The Hall–Kier alpha value is -3.15. The first-order valence-electron chi connectivity index (χ1n) is 11.7. The Morgan fingerprint density at radius 1 is 1.16 bits per heavy atom. The number of hydrogen-bond acceptors (Lipinski definition) is 6. The monoisotopic (exact) mass is 544 g/mol. The van der Waals surface area contributed by atoms with Gasteiger partial charge in [-0.1, -0.05) is 43.0 Å². The Kier molecular flexibility index (Phi) is 7.11. The molecule has 0 spiro atoms. The lowest BCUT2D eigenvalue weighted by Crippen LogP contribution is -2.30. The van der Waals surface area contributed by atoms with E-state index >= 15 is 0 Å². The Morgan fingerprint density at radius 3 is 2.68 bits per heavy atom. The number of aromatic nitrogens is 2. The van der Waals surface area contributed by atoms with Crippen LogP contribution in [0.2, 0.25) is 0 Å². The summed E-state index contributed by atoms with van der Waals surface area (Å²) in [5.41, 5.74) is 0.709. The molecule has 1 N–H and O–H groups in total. The number of carbonyl (C=O) groups excluding carboxylic acids is 1. The van der Waals surface area contributed by atoms with Crippen LogP contribution in [0.4, 0.5) is 18.9 Å². The molecule has 0 unspecified atom stereocenters. The van der Waals surface area contributed by atoms with Gasteiger partial charge in [-0.25, -0.2) is 4.98 Å². The summed E-state index contributed by atoms with van der Waals surface area (Å²) in [6.07, 6.45) is -3.73. The van der Waals surface area contributed by atoms with E-state index in [0.717, 1.165) is 60.4 Å². The summed E-state index contributed by atoms with van der Waals surface area (Å²) in [4.78, 5) is 35.3. The molecule has 2 aromatic heterocycles. The maximum Gasteiger partial charge on any atom is 0.416 e. The molecule has 0 atom stereocenters. The number of anilines is 1. The molecule has 1 amide bonds. The second-order valence-electron chi connectivity index (χ2n) is 8.59. The van der Waals surface area contributed by atoms with Gasteiger partial charge in [0.2, 0.25) is 5.91 Å². The number of thioether (sulfide) groups is 1. The molecule has 6 nitrogen and oxygen atoms in total. The first-order chi connectivity index (χ1) is 17.7. The van der Waals surface area contributed by atoms with Gasteiger partial charge in [0.25, 0.3) is 5.56 Å². The summed E-state index contributed by atoms with van der Waals surface area (Å²) in [5, 5.41) is 3.49. The number of para-hydroxylation sites is 1. The quantitative estimate of drug-likeness (QED) is 0.254. The highest BCUT2D eigenvalue weighted by Gasteiger charge is 2.30. The highest BCUT2D eigenvalue weighted by atomic mass is 32.2. The highest BCUT2D eigenvalue weighted by Crippen LogP contribution is 2.34. The first kappa shape index (κ1) is 25.5. The van der Waals surface area contributed by atoms with Gasteiger partial charge in [0, 0.05) is 23.7 Å². The van der Waals surface area contributed by atoms with Crippen molar-refractivity contribution in [2.75, 3.05) is 24.2 Å². The number of thiophene rings is 1. The fourth-order valence-corrected chi connectivity index (χ4v) is 6.46. The second-order valence-corrected chi connectivity index (χ2v) is 10.6. The smallest absolute Gasteiger partial charge is 0.325 e. The van der Waals surface area contributed by atoms with Crippen molar-refractivity contribution >= 4 is 44.9 Å². The molecule has 4 aromatic rings. The summed E-state index contributed by atoms with van der Waals surface area (Å²) in [7, 11) is 0. The lowest BCUT2D eigenvalue weighted by Gasteiger charge is -2.25. The number of benzene rings is 2. The topological polar surface area (TPSA) is 67.2 Å². The van der Waals surface area contributed by atoms with Crippen LogP contribution >= 0.6 is 23.1 Å². The lowest BCUT2D eigenvalue weighted by atomic mass is 10.1. The molecule has 0 bridgehead atoms. The van der Waals surface area contributed by atoms with E-state index in [1.54, 1.807) is 12.1 Å². The number of amides is 1. The molecular formula is C26H23F3N4O2S2.